The molecule has 0 aliphatic carbocycles. The lowest BCUT2D eigenvalue weighted by molar-refractivity contribution is -0.133. The smallest absolute Gasteiger partial charge is 0.242 e. The molecular weight excluding hydrogens is 548 g/mol. The Kier molecular flexibility index (Phi) is 8.21. The van der Waals surface area contributed by atoms with Crippen molar-refractivity contribution in [2.24, 2.45) is 7.05 Å². The van der Waals surface area contributed by atoms with Crippen molar-refractivity contribution in [1.29, 1.82) is 0 Å². The topological polar surface area (TPSA) is 78.8 Å². The first-order valence-corrected chi connectivity index (χ1v) is 14.9. The Balaban J connectivity index is 1.25. The molecule has 0 atom stereocenters. The summed E-state index contributed by atoms with van der Waals surface area (Å²) in [6, 6.07) is 17.4. The lowest BCUT2D eigenvalue weighted by atomic mass is 9.96. The summed E-state index contributed by atoms with van der Waals surface area (Å²) in [5.74, 6) is 0.0927. The summed E-state index contributed by atoms with van der Waals surface area (Å²) in [6.45, 7) is 2.29. The van der Waals surface area contributed by atoms with E-state index in [4.69, 9.17) is 0 Å². The van der Waals surface area contributed by atoms with Crippen molar-refractivity contribution in [2.75, 3.05) is 40.3 Å². The highest BCUT2D eigenvalue weighted by Gasteiger charge is 2.28. The number of hydrogen-bond donors (Lipinski definition) is 0. The first-order valence-electron chi connectivity index (χ1n) is 13.5. The van der Waals surface area contributed by atoms with Crippen LogP contribution < -0.4 is 0 Å². The SMILES string of the molecule is CN(C)S(=O)(=O)c1ccc2c(c1)nc(CCC(=O)N1CCN(C(c3ccc(F)cc3)c3ccc(F)cc3)CC1)n2C. The molecular formula is C30H33F2N5O3S. The van der Waals surface area contributed by atoms with Gasteiger partial charge in [0, 0.05) is 60.2 Å². The van der Waals surface area contributed by atoms with Crippen molar-refractivity contribution < 1.29 is 22.0 Å². The van der Waals surface area contributed by atoms with Gasteiger partial charge in [0.15, 0.2) is 0 Å². The molecule has 0 saturated carbocycles. The average molecular weight is 582 g/mol. The monoisotopic (exact) mass is 581 g/mol. The Bertz CT molecular complexity index is 1600. The van der Waals surface area contributed by atoms with Crippen LogP contribution in [0.1, 0.15) is 29.4 Å². The number of piperazine rings is 1. The van der Waals surface area contributed by atoms with Gasteiger partial charge in [0.1, 0.15) is 17.5 Å². The van der Waals surface area contributed by atoms with E-state index < -0.39 is 10.0 Å². The number of sulfonamides is 1. The summed E-state index contributed by atoms with van der Waals surface area (Å²) in [7, 11) is 1.26. The predicted octanol–water partition coefficient (Wildman–Crippen LogP) is 3.97. The number of halogens is 2. The van der Waals surface area contributed by atoms with Gasteiger partial charge in [-0.2, -0.15) is 0 Å². The molecule has 0 N–H and O–H groups in total. The van der Waals surface area contributed by atoms with Crippen molar-refractivity contribution >= 4 is 27.0 Å². The van der Waals surface area contributed by atoms with Crippen LogP contribution in [-0.2, 0) is 28.3 Å². The lowest BCUT2D eigenvalue weighted by Gasteiger charge is -2.40. The number of amides is 1. The average Bonchev–Trinajstić information content (AvgIpc) is 3.28. The van der Waals surface area contributed by atoms with E-state index in [0.717, 1.165) is 20.9 Å². The number of carbonyl (C=O) groups excluding carboxylic acids is 1. The number of nitrogens with zero attached hydrogens (tertiary/aromatic N) is 5. The third kappa shape index (κ3) is 6.02. The summed E-state index contributed by atoms with van der Waals surface area (Å²) in [5.41, 5.74) is 3.17. The first kappa shape index (κ1) is 28.8. The molecule has 0 spiro atoms. The van der Waals surface area contributed by atoms with Gasteiger partial charge in [-0.05, 0) is 53.6 Å². The van der Waals surface area contributed by atoms with Crippen molar-refractivity contribution in [3.63, 3.8) is 0 Å². The molecule has 216 valence electrons. The molecule has 0 bridgehead atoms. The van der Waals surface area contributed by atoms with Crippen LogP contribution >= 0.6 is 0 Å². The van der Waals surface area contributed by atoms with Gasteiger partial charge >= 0.3 is 0 Å². The molecule has 4 aromatic rings. The predicted molar refractivity (Wildman–Crippen MR) is 153 cm³/mol. The molecule has 0 unspecified atom stereocenters. The summed E-state index contributed by atoms with van der Waals surface area (Å²) in [4.78, 5) is 22.0. The van der Waals surface area contributed by atoms with Gasteiger partial charge in [-0.25, -0.2) is 26.5 Å². The van der Waals surface area contributed by atoms with E-state index in [1.165, 1.54) is 38.4 Å². The van der Waals surface area contributed by atoms with Crippen LogP contribution in [0.2, 0.25) is 0 Å². The molecule has 1 amide bonds. The second kappa shape index (κ2) is 11.7. The van der Waals surface area contributed by atoms with Gasteiger partial charge in [0.2, 0.25) is 15.9 Å². The van der Waals surface area contributed by atoms with Gasteiger partial charge in [0.05, 0.1) is 22.0 Å². The van der Waals surface area contributed by atoms with Crippen LogP contribution in [-0.4, -0.2) is 78.3 Å². The molecule has 1 fully saturated rings. The van der Waals surface area contributed by atoms with E-state index in [1.54, 1.807) is 42.5 Å². The number of aromatic nitrogens is 2. The maximum Gasteiger partial charge on any atom is 0.242 e. The fraction of sp³-hybridized carbons (Fsp3) is 0.333. The summed E-state index contributed by atoms with van der Waals surface area (Å²) in [6.07, 6.45) is 0.702. The molecule has 8 nitrogen and oxygen atoms in total. The van der Waals surface area contributed by atoms with Crippen LogP contribution in [0.25, 0.3) is 11.0 Å². The van der Waals surface area contributed by atoms with Crippen molar-refractivity contribution in [1.82, 2.24) is 23.7 Å². The minimum atomic E-state index is -3.58. The number of carbonyl (C=O) groups is 1. The second-order valence-electron chi connectivity index (χ2n) is 10.4. The maximum atomic E-state index is 13.6. The molecule has 1 aliphatic heterocycles. The number of fused-ring (bicyclic) bond motifs is 1. The van der Waals surface area contributed by atoms with E-state index >= 15 is 0 Å². The van der Waals surface area contributed by atoms with E-state index in [1.807, 2.05) is 16.5 Å². The molecule has 1 aliphatic rings. The third-order valence-electron chi connectivity index (χ3n) is 7.69. The van der Waals surface area contributed by atoms with Gasteiger partial charge in [-0.1, -0.05) is 24.3 Å². The zero-order chi connectivity index (χ0) is 29.3. The van der Waals surface area contributed by atoms with Gasteiger partial charge < -0.3 is 9.47 Å². The summed E-state index contributed by atoms with van der Waals surface area (Å²) in [5, 5.41) is 0. The molecule has 1 aromatic heterocycles. The number of hydrogen-bond acceptors (Lipinski definition) is 5. The highest BCUT2D eigenvalue weighted by molar-refractivity contribution is 7.89. The van der Waals surface area contributed by atoms with Gasteiger partial charge in [0.25, 0.3) is 0 Å². The van der Waals surface area contributed by atoms with Gasteiger partial charge in [-0.3, -0.25) is 9.69 Å². The fourth-order valence-corrected chi connectivity index (χ4v) is 6.26. The van der Waals surface area contributed by atoms with Crippen LogP contribution in [0.4, 0.5) is 8.78 Å². The maximum absolute atomic E-state index is 13.6. The molecule has 3 aromatic carbocycles. The van der Waals surface area contributed by atoms with Crippen molar-refractivity contribution in [2.45, 2.75) is 23.8 Å². The summed E-state index contributed by atoms with van der Waals surface area (Å²) < 4.78 is 55.3. The van der Waals surface area contributed by atoms with Crippen molar-refractivity contribution in [3.8, 4) is 0 Å². The molecule has 2 heterocycles. The van der Waals surface area contributed by atoms with Crippen LogP contribution in [0.3, 0.4) is 0 Å². The van der Waals surface area contributed by atoms with Gasteiger partial charge in [-0.15, -0.1) is 0 Å². The zero-order valence-electron chi connectivity index (χ0n) is 23.3. The molecule has 0 radical (unpaired) electrons. The van der Waals surface area contributed by atoms with Crippen LogP contribution in [0.5, 0.6) is 0 Å². The number of benzene rings is 3. The normalized spacial score (nSPS) is 14.9. The van der Waals surface area contributed by atoms with E-state index in [9.17, 15) is 22.0 Å². The Morgan fingerprint density at radius 2 is 1.46 bits per heavy atom. The highest BCUT2D eigenvalue weighted by atomic mass is 32.2. The Morgan fingerprint density at radius 3 is 2.00 bits per heavy atom. The zero-order valence-corrected chi connectivity index (χ0v) is 24.1. The minimum absolute atomic E-state index is 0.0210. The second-order valence-corrected chi connectivity index (χ2v) is 12.6. The largest absolute Gasteiger partial charge is 0.340 e. The quantitative estimate of drug-likeness (QED) is 0.315. The molecule has 1 saturated heterocycles. The molecule has 11 heteroatoms. The Labute approximate surface area is 238 Å². The standard InChI is InChI=1S/C30H33F2N5O3S/c1-34(2)41(39,40)25-12-13-27-26(20-25)33-28(35(27)3)14-15-29(38)36-16-18-37(19-17-36)30(21-4-8-23(31)9-5-21)22-6-10-24(32)11-7-22/h4-13,20,30H,14-19H2,1-3H3. The highest BCUT2D eigenvalue weighted by Crippen LogP contribution is 2.30. The lowest BCUT2D eigenvalue weighted by Crippen LogP contribution is -2.50. The third-order valence-corrected chi connectivity index (χ3v) is 9.50. The Morgan fingerprint density at radius 1 is 0.902 bits per heavy atom. The number of rotatable bonds is 8. The number of imidazole rings is 1. The molecule has 5 rings (SSSR count). The number of aryl methyl sites for hydroxylation is 2. The van der Waals surface area contributed by atoms with E-state index in [-0.39, 0.29) is 34.9 Å². The van der Waals surface area contributed by atoms with Crippen molar-refractivity contribution in [3.05, 3.63) is 95.3 Å². The van der Waals surface area contributed by atoms with E-state index in [0.29, 0.717) is 43.9 Å². The Hall–Kier alpha value is -3.67. The molecule has 41 heavy (non-hydrogen) atoms. The minimum Gasteiger partial charge on any atom is -0.340 e. The first-order chi connectivity index (χ1) is 19.5. The van der Waals surface area contributed by atoms with Crippen LogP contribution in [0, 0.1) is 11.6 Å². The van der Waals surface area contributed by atoms with E-state index in [2.05, 4.69) is 9.88 Å². The summed E-state index contributed by atoms with van der Waals surface area (Å²) >= 11 is 0. The fourth-order valence-electron chi connectivity index (χ4n) is 5.33. The van der Waals surface area contributed by atoms with Crippen LogP contribution in [0.15, 0.2) is 71.6 Å².